The minimum atomic E-state index is 0.0706. The molecule has 2 aromatic rings. The first kappa shape index (κ1) is 12.4. The van der Waals surface area contributed by atoms with Crippen LogP contribution in [0, 0.1) is 6.92 Å². The number of benzene rings is 1. The molecule has 0 atom stereocenters. The van der Waals surface area contributed by atoms with Crippen LogP contribution in [-0.4, -0.2) is 15.2 Å². The quantitative estimate of drug-likeness (QED) is 0.770. The second-order valence-electron chi connectivity index (χ2n) is 4.22. The molecule has 94 valence electrons. The van der Waals surface area contributed by atoms with Gasteiger partial charge in [0.1, 0.15) is 11.5 Å². The third-order valence-corrected chi connectivity index (χ3v) is 2.84. The standard InChI is InChI=1S/C14H16N2O2/c1-10-7-15-5-4-11(10)8-16-9-12-2-3-13(17)6-14(12)18/h2-7,16-18H,8-9H2,1H3. The number of phenols is 2. The SMILES string of the molecule is Cc1cnccc1CNCc1ccc(O)cc1O. The average Bonchev–Trinajstić information content (AvgIpc) is 2.34. The summed E-state index contributed by atoms with van der Waals surface area (Å²) in [6.45, 7) is 3.28. The molecule has 3 N–H and O–H groups in total. The summed E-state index contributed by atoms with van der Waals surface area (Å²) in [4.78, 5) is 4.04. The normalized spacial score (nSPS) is 10.5. The zero-order valence-electron chi connectivity index (χ0n) is 10.2. The van der Waals surface area contributed by atoms with Crippen molar-refractivity contribution in [3.63, 3.8) is 0 Å². The van der Waals surface area contributed by atoms with E-state index in [0.29, 0.717) is 13.1 Å². The van der Waals surface area contributed by atoms with Crippen molar-refractivity contribution in [1.29, 1.82) is 0 Å². The Labute approximate surface area is 106 Å². The van der Waals surface area contributed by atoms with E-state index in [-0.39, 0.29) is 11.5 Å². The van der Waals surface area contributed by atoms with Gasteiger partial charge in [0.25, 0.3) is 0 Å². The Kier molecular flexibility index (Phi) is 3.79. The molecule has 1 aromatic heterocycles. The summed E-state index contributed by atoms with van der Waals surface area (Å²) in [6.07, 6.45) is 3.59. The number of rotatable bonds is 4. The average molecular weight is 244 g/mol. The molecule has 0 saturated heterocycles. The predicted molar refractivity (Wildman–Crippen MR) is 69.3 cm³/mol. The molecular formula is C14H16N2O2. The Morgan fingerprint density at radius 3 is 2.61 bits per heavy atom. The molecule has 0 saturated carbocycles. The monoisotopic (exact) mass is 244 g/mol. The maximum atomic E-state index is 9.63. The molecule has 0 aliphatic rings. The Bertz CT molecular complexity index is 541. The van der Waals surface area contributed by atoms with Gasteiger partial charge in [-0.3, -0.25) is 4.98 Å². The van der Waals surface area contributed by atoms with Gasteiger partial charge in [0, 0.05) is 37.1 Å². The number of phenolic OH excluding ortho intramolecular Hbond substituents is 2. The van der Waals surface area contributed by atoms with Gasteiger partial charge in [-0.05, 0) is 30.2 Å². The number of aromatic hydroxyl groups is 2. The van der Waals surface area contributed by atoms with Crippen molar-refractivity contribution >= 4 is 0 Å². The van der Waals surface area contributed by atoms with E-state index in [4.69, 9.17) is 0 Å². The van der Waals surface area contributed by atoms with Crippen molar-refractivity contribution in [3.8, 4) is 11.5 Å². The fourth-order valence-electron chi connectivity index (χ4n) is 1.73. The van der Waals surface area contributed by atoms with Gasteiger partial charge in [-0.25, -0.2) is 0 Å². The minimum absolute atomic E-state index is 0.0706. The van der Waals surface area contributed by atoms with Crippen LogP contribution < -0.4 is 5.32 Å². The Morgan fingerprint density at radius 2 is 1.89 bits per heavy atom. The number of aryl methyl sites for hydroxylation is 1. The molecule has 0 amide bonds. The number of nitrogens with one attached hydrogen (secondary N) is 1. The molecule has 0 radical (unpaired) electrons. The molecule has 1 aromatic carbocycles. The van der Waals surface area contributed by atoms with Gasteiger partial charge in [-0.2, -0.15) is 0 Å². The van der Waals surface area contributed by atoms with Crippen molar-refractivity contribution in [2.24, 2.45) is 0 Å². The van der Waals surface area contributed by atoms with Crippen LogP contribution in [-0.2, 0) is 13.1 Å². The summed E-state index contributed by atoms with van der Waals surface area (Å²) in [5, 5.41) is 22.1. The van der Waals surface area contributed by atoms with Crippen LogP contribution in [0.3, 0.4) is 0 Å². The lowest BCUT2D eigenvalue weighted by Crippen LogP contribution is -2.13. The summed E-state index contributed by atoms with van der Waals surface area (Å²) in [5.74, 6) is 0.176. The highest BCUT2D eigenvalue weighted by molar-refractivity contribution is 5.38. The van der Waals surface area contributed by atoms with E-state index in [1.54, 1.807) is 18.3 Å². The highest BCUT2D eigenvalue weighted by Crippen LogP contribution is 2.22. The van der Waals surface area contributed by atoms with Crippen LogP contribution in [0.4, 0.5) is 0 Å². The van der Waals surface area contributed by atoms with Crippen molar-refractivity contribution in [2.45, 2.75) is 20.0 Å². The van der Waals surface area contributed by atoms with E-state index in [2.05, 4.69) is 10.3 Å². The van der Waals surface area contributed by atoms with E-state index in [1.165, 1.54) is 11.6 Å². The van der Waals surface area contributed by atoms with Crippen LogP contribution in [0.1, 0.15) is 16.7 Å². The lowest BCUT2D eigenvalue weighted by molar-refractivity contribution is 0.443. The topological polar surface area (TPSA) is 65.4 Å². The predicted octanol–water partition coefficient (Wildman–Crippen LogP) is 2.09. The second kappa shape index (κ2) is 5.51. The van der Waals surface area contributed by atoms with Gasteiger partial charge in [0.2, 0.25) is 0 Å². The molecule has 18 heavy (non-hydrogen) atoms. The molecule has 0 unspecified atom stereocenters. The zero-order chi connectivity index (χ0) is 13.0. The second-order valence-corrected chi connectivity index (χ2v) is 4.22. The Balaban J connectivity index is 1.95. The van der Waals surface area contributed by atoms with Gasteiger partial charge >= 0.3 is 0 Å². The number of aromatic nitrogens is 1. The summed E-state index contributed by atoms with van der Waals surface area (Å²) in [6, 6.07) is 6.58. The van der Waals surface area contributed by atoms with Crippen LogP contribution in [0.2, 0.25) is 0 Å². The molecule has 0 fully saturated rings. The molecule has 0 aliphatic carbocycles. The van der Waals surface area contributed by atoms with Gasteiger partial charge in [0.05, 0.1) is 0 Å². The highest BCUT2D eigenvalue weighted by Gasteiger charge is 2.02. The van der Waals surface area contributed by atoms with Crippen LogP contribution in [0.25, 0.3) is 0 Å². The summed E-state index contributed by atoms with van der Waals surface area (Å²) >= 11 is 0. The first-order valence-electron chi connectivity index (χ1n) is 5.78. The first-order valence-corrected chi connectivity index (χ1v) is 5.78. The lowest BCUT2D eigenvalue weighted by Gasteiger charge is -2.08. The summed E-state index contributed by atoms with van der Waals surface area (Å²) in [5.41, 5.74) is 3.09. The molecule has 0 spiro atoms. The highest BCUT2D eigenvalue weighted by atomic mass is 16.3. The summed E-state index contributed by atoms with van der Waals surface area (Å²) in [7, 11) is 0. The molecule has 0 bridgehead atoms. The zero-order valence-corrected chi connectivity index (χ0v) is 10.2. The maximum absolute atomic E-state index is 9.63. The minimum Gasteiger partial charge on any atom is -0.508 e. The Morgan fingerprint density at radius 1 is 1.11 bits per heavy atom. The van der Waals surface area contributed by atoms with Crippen molar-refractivity contribution in [2.75, 3.05) is 0 Å². The van der Waals surface area contributed by atoms with E-state index in [1.807, 2.05) is 19.2 Å². The van der Waals surface area contributed by atoms with E-state index < -0.39 is 0 Å². The maximum Gasteiger partial charge on any atom is 0.123 e. The first-order chi connectivity index (χ1) is 8.66. The largest absolute Gasteiger partial charge is 0.508 e. The van der Waals surface area contributed by atoms with Crippen molar-refractivity contribution < 1.29 is 10.2 Å². The van der Waals surface area contributed by atoms with Crippen molar-refractivity contribution in [3.05, 3.63) is 53.3 Å². The molecule has 0 aliphatic heterocycles. The number of pyridine rings is 1. The molecule has 1 heterocycles. The van der Waals surface area contributed by atoms with E-state index in [0.717, 1.165) is 11.1 Å². The third-order valence-electron chi connectivity index (χ3n) is 2.84. The van der Waals surface area contributed by atoms with Crippen LogP contribution >= 0.6 is 0 Å². The van der Waals surface area contributed by atoms with Crippen molar-refractivity contribution in [1.82, 2.24) is 10.3 Å². The van der Waals surface area contributed by atoms with Gasteiger partial charge in [0.15, 0.2) is 0 Å². The number of hydrogen-bond acceptors (Lipinski definition) is 4. The smallest absolute Gasteiger partial charge is 0.123 e. The fraction of sp³-hybridized carbons (Fsp3) is 0.214. The summed E-state index contributed by atoms with van der Waals surface area (Å²) < 4.78 is 0. The van der Waals surface area contributed by atoms with Crippen LogP contribution in [0.15, 0.2) is 36.7 Å². The number of hydrogen-bond donors (Lipinski definition) is 3. The van der Waals surface area contributed by atoms with Gasteiger partial charge < -0.3 is 15.5 Å². The molecule has 2 rings (SSSR count). The third kappa shape index (κ3) is 2.99. The van der Waals surface area contributed by atoms with E-state index >= 15 is 0 Å². The molecule has 4 heteroatoms. The number of nitrogens with zero attached hydrogens (tertiary/aromatic N) is 1. The lowest BCUT2D eigenvalue weighted by atomic mass is 10.1. The van der Waals surface area contributed by atoms with E-state index in [9.17, 15) is 10.2 Å². The fourth-order valence-corrected chi connectivity index (χ4v) is 1.73. The Hall–Kier alpha value is -2.07. The van der Waals surface area contributed by atoms with Gasteiger partial charge in [-0.15, -0.1) is 0 Å². The van der Waals surface area contributed by atoms with Crippen LogP contribution in [0.5, 0.6) is 11.5 Å². The molecular weight excluding hydrogens is 228 g/mol. The van der Waals surface area contributed by atoms with Gasteiger partial charge in [-0.1, -0.05) is 6.07 Å². The molecule has 4 nitrogen and oxygen atoms in total.